The van der Waals surface area contributed by atoms with Crippen molar-refractivity contribution >= 4 is 23.6 Å². The SMILES string of the molecule is COC(=O)[C@@H](Cc1ccccc1)NC(=O)CSc1ccccn1. The van der Waals surface area contributed by atoms with Crippen LogP contribution in [0.5, 0.6) is 0 Å². The number of thioether (sulfide) groups is 1. The van der Waals surface area contributed by atoms with E-state index >= 15 is 0 Å². The second-order valence-corrected chi connectivity index (χ2v) is 5.79. The Balaban J connectivity index is 1.91. The van der Waals surface area contributed by atoms with Crippen LogP contribution in [0.4, 0.5) is 0 Å². The van der Waals surface area contributed by atoms with Crippen molar-refractivity contribution in [2.45, 2.75) is 17.5 Å². The number of carbonyl (C=O) groups excluding carboxylic acids is 2. The Kier molecular flexibility index (Phi) is 6.62. The summed E-state index contributed by atoms with van der Waals surface area (Å²) in [6.45, 7) is 0. The van der Waals surface area contributed by atoms with Crippen LogP contribution in [0, 0.1) is 0 Å². The van der Waals surface area contributed by atoms with Crippen LogP contribution in [0.1, 0.15) is 5.56 Å². The minimum Gasteiger partial charge on any atom is -0.467 e. The summed E-state index contributed by atoms with van der Waals surface area (Å²) in [6, 6.07) is 14.3. The molecule has 0 spiro atoms. The van der Waals surface area contributed by atoms with E-state index < -0.39 is 12.0 Å². The maximum atomic E-state index is 12.1. The van der Waals surface area contributed by atoms with Gasteiger partial charge in [0.05, 0.1) is 17.9 Å². The van der Waals surface area contributed by atoms with E-state index in [9.17, 15) is 9.59 Å². The zero-order valence-corrected chi connectivity index (χ0v) is 13.6. The van der Waals surface area contributed by atoms with Crippen molar-refractivity contribution in [2.24, 2.45) is 0 Å². The normalized spacial score (nSPS) is 11.5. The fraction of sp³-hybridized carbons (Fsp3) is 0.235. The number of hydrogen-bond acceptors (Lipinski definition) is 5. The van der Waals surface area contributed by atoms with Gasteiger partial charge in [0.2, 0.25) is 5.91 Å². The standard InChI is InChI=1S/C17H18N2O3S/c1-22-17(21)14(11-13-7-3-2-4-8-13)19-15(20)12-23-16-9-5-6-10-18-16/h2-10,14H,11-12H2,1H3,(H,19,20)/t14-/m1/s1. The van der Waals surface area contributed by atoms with Crippen molar-refractivity contribution in [1.82, 2.24) is 10.3 Å². The zero-order valence-electron chi connectivity index (χ0n) is 12.8. The fourth-order valence-corrected chi connectivity index (χ4v) is 2.67. The number of pyridine rings is 1. The molecule has 1 aromatic heterocycles. The number of methoxy groups -OCH3 is 1. The van der Waals surface area contributed by atoms with Gasteiger partial charge in [0, 0.05) is 12.6 Å². The highest BCUT2D eigenvalue weighted by atomic mass is 32.2. The van der Waals surface area contributed by atoms with Crippen LogP contribution in [0.3, 0.4) is 0 Å². The average Bonchev–Trinajstić information content (AvgIpc) is 2.60. The fourth-order valence-electron chi connectivity index (χ4n) is 1.99. The number of carbonyl (C=O) groups is 2. The number of rotatable bonds is 7. The molecule has 6 heteroatoms. The molecule has 1 N–H and O–H groups in total. The monoisotopic (exact) mass is 330 g/mol. The molecule has 0 radical (unpaired) electrons. The van der Waals surface area contributed by atoms with Gasteiger partial charge in [0.15, 0.2) is 0 Å². The van der Waals surface area contributed by atoms with Gasteiger partial charge < -0.3 is 10.1 Å². The molecule has 1 atom stereocenters. The van der Waals surface area contributed by atoms with Gasteiger partial charge in [-0.2, -0.15) is 0 Å². The van der Waals surface area contributed by atoms with Crippen molar-refractivity contribution in [3.8, 4) is 0 Å². The van der Waals surface area contributed by atoms with Gasteiger partial charge in [-0.1, -0.05) is 48.2 Å². The van der Waals surface area contributed by atoms with Crippen LogP contribution in [-0.2, 0) is 20.7 Å². The smallest absolute Gasteiger partial charge is 0.328 e. The molecule has 2 aromatic rings. The summed E-state index contributed by atoms with van der Waals surface area (Å²) >= 11 is 1.32. The summed E-state index contributed by atoms with van der Waals surface area (Å²) in [5.41, 5.74) is 0.959. The second kappa shape index (κ2) is 8.95. The van der Waals surface area contributed by atoms with Crippen molar-refractivity contribution in [3.05, 3.63) is 60.3 Å². The van der Waals surface area contributed by atoms with Gasteiger partial charge in [-0.3, -0.25) is 4.79 Å². The first-order valence-electron chi connectivity index (χ1n) is 7.14. The zero-order chi connectivity index (χ0) is 16.5. The molecule has 2 rings (SSSR count). The molecule has 0 saturated carbocycles. The summed E-state index contributed by atoms with van der Waals surface area (Å²) in [5, 5.41) is 3.49. The predicted octanol–water partition coefficient (Wildman–Crippen LogP) is 2.07. The number of esters is 1. The number of nitrogens with zero attached hydrogens (tertiary/aromatic N) is 1. The predicted molar refractivity (Wildman–Crippen MR) is 89.1 cm³/mol. The minimum absolute atomic E-state index is 0.194. The Labute approximate surface area is 139 Å². The summed E-state index contributed by atoms with van der Waals surface area (Å²) in [4.78, 5) is 28.1. The topological polar surface area (TPSA) is 68.3 Å². The van der Waals surface area contributed by atoms with E-state index in [1.807, 2.05) is 48.5 Å². The molecule has 1 heterocycles. The third-order valence-electron chi connectivity index (χ3n) is 3.09. The molecular formula is C17H18N2O3S. The maximum absolute atomic E-state index is 12.1. The molecule has 5 nitrogen and oxygen atoms in total. The Morgan fingerprint density at radius 1 is 1.17 bits per heavy atom. The van der Waals surface area contributed by atoms with E-state index in [0.717, 1.165) is 10.6 Å². The average molecular weight is 330 g/mol. The highest BCUT2D eigenvalue weighted by Gasteiger charge is 2.21. The number of hydrogen-bond donors (Lipinski definition) is 1. The first-order chi connectivity index (χ1) is 11.2. The summed E-state index contributed by atoms with van der Waals surface area (Å²) in [5.74, 6) is -0.490. The molecule has 0 bridgehead atoms. The quantitative estimate of drug-likeness (QED) is 0.622. The molecule has 1 aromatic carbocycles. The lowest BCUT2D eigenvalue weighted by molar-refractivity contribution is -0.144. The second-order valence-electron chi connectivity index (χ2n) is 4.79. The van der Waals surface area contributed by atoms with Crippen molar-refractivity contribution < 1.29 is 14.3 Å². The van der Waals surface area contributed by atoms with Crippen molar-refractivity contribution in [2.75, 3.05) is 12.9 Å². The van der Waals surface area contributed by atoms with Crippen LogP contribution < -0.4 is 5.32 Å². The van der Waals surface area contributed by atoms with E-state index in [1.54, 1.807) is 6.20 Å². The number of amides is 1. The highest BCUT2D eigenvalue weighted by molar-refractivity contribution is 7.99. The van der Waals surface area contributed by atoms with Gasteiger partial charge in [-0.15, -0.1) is 0 Å². The first kappa shape index (κ1) is 17.0. The van der Waals surface area contributed by atoms with Crippen LogP contribution in [0.2, 0.25) is 0 Å². The van der Waals surface area contributed by atoms with Crippen LogP contribution >= 0.6 is 11.8 Å². The highest BCUT2D eigenvalue weighted by Crippen LogP contribution is 2.13. The summed E-state index contributed by atoms with van der Waals surface area (Å²) in [7, 11) is 1.31. The molecule has 0 saturated heterocycles. The summed E-state index contributed by atoms with van der Waals surface area (Å²) in [6.07, 6.45) is 2.07. The lowest BCUT2D eigenvalue weighted by Crippen LogP contribution is -2.43. The van der Waals surface area contributed by atoms with Gasteiger partial charge in [0.1, 0.15) is 6.04 Å². The number of aromatic nitrogens is 1. The minimum atomic E-state index is -0.695. The van der Waals surface area contributed by atoms with E-state index in [0.29, 0.717) is 6.42 Å². The lowest BCUT2D eigenvalue weighted by Gasteiger charge is -2.16. The van der Waals surface area contributed by atoms with Crippen LogP contribution in [0.15, 0.2) is 59.8 Å². The lowest BCUT2D eigenvalue weighted by atomic mass is 10.1. The molecular weight excluding hydrogens is 312 g/mol. The van der Waals surface area contributed by atoms with Crippen molar-refractivity contribution in [3.63, 3.8) is 0 Å². The third kappa shape index (κ3) is 5.75. The first-order valence-corrected chi connectivity index (χ1v) is 8.12. The molecule has 120 valence electrons. The van der Waals surface area contributed by atoms with Gasteiger partial charge in [0.25, 0.3) is 0 Å². The van der Waals surface area contributed by atoms with Crippen LogP contribution in [-0.4, -0.2) is 35.8 Å². The Hall–Kier alpha value is -2.34. The van der Waals surface area contributed by atoms with Crippen molar-refractivity contribution in [1.29, 1.82) is 0 Å². The Morgan fingerprint density at radius 2 is 1.91 bits per heavy atom. The molecule has 0 aliphatic rings. The van der Waals surface area contributed by atoms with Gasteiger partial charge in [-0.05, 0) is 17.7 Å². The Morgan fingerprint density at radius 3 is 2.57 bits per heavy atom. The molecule has 23 heavy (non-hydrogen) atoms. The van der Waals surface area contributed by atoms with E-state index in [1.165, 1.54) is 18.9 Å². The molecule has 0 aliphatic carbocycles. The Bertz CT molecular complexity index is 635. The van der Waals surface area contributed by atoms with E-state index in [4.69, 9.17) is 4.74 Å². The largest absolute Gasteiger partial charge is 0.467 e. The van der Waals surface area contributed by atoms with Gasteiger partial charge >= 0.3 is 5.97 Å². The van der Waals surface area contributed by atoms with Crippen LogP contribution in [0.25, 0.3) is 0 Å². The number of nitrogens with one attached hydrogen (secondary N) is 1. The van der Waals surface area contributed by atoms with E-state index in [2.05, 4.69) is 10.3 Å². The molecule has 0 unspecified atom stereocenters. The maximum Gasteiger partial charge on any atom is 0.328 e. The van der Waals surface area contributed by atoms with Gasteiger partial charge in [-0.25, -0.2) is 9.78 Å². The number of benzene rings is 1. The van der Waals surface area contributed by atoms with E-state index in [-0.39, 0.29) is 11.7 Å². The molecule has 0 aliphatic heterocycles. The third-order valence-corrected chi connectivity index (χ3v) is 4.04. The molecule has 1 amide bonds. The molecule has 0 fully saturated rings. The number of ether oxygens (including phenoxy) is 1. The summed E-state index contributed by atoms with van der Waals surface area (Å²) < 4.78 is 4.78.